The summed E-state index contributed by atoms with van der Waals surface area (Å²) in [6, 6.07) is -1.19. The van der Waals surface area contributed by atoms with Gasteiger partial charge in [-0.05, 0) is 39.5 Å². The number of likely N-dealkylation sites (tertiary alicyclic amines) is 1. The summed E-state index contributed by atoms with van der Waals surface area (Å²) in [4.78, 5) is 39.8. The smallest absolute Gasteiger partial charge is 0.444 e. The molecule has 0 saturated carbocycles. The molecule has 13 heteroatoms. The molecule has 2 heterocycles. The minimum Gasteiger partial charge on any atom is -0.444 e. The molecule has 0 aromatic carbocycles. The number of nitrogens with zero attached hydrogens (tertiary/aromatic N) is 4. The maximum Gasteiger partial charge on any atom is 0.445 e. The van der Waals surface area contributed by atoms with Crippen LogP contribution in [-0.2, 0) is 20.5 Å². The number of hydrogen-bond donors (Lipinski definition) is 1. The van der Waals surface area contributed by atoms with E-state index in [0.717, 1.165) is 4.90 Å². The van der Waals surface area contributed by atoms with Crippen molar-refractivity contribution in [3.05, 3.63) is 17.2 Å². The van der Waals surface area contributed by atoms with E-state index in [0.29, 0.717) is 19.4 Å². The van der Waals surface area contributed by atoms with Crippen molar-refractivity contribution in [2.24, 2.45) is 5.92 Å². The highest BCUT2D eigenvalue weighted by atomic mass is 32.1. The Kier molecular flexibility index (Phi) is 8.67. The summed E-state index contributed by atoms with van der Waals surface area (Å²) in [5, 5.41) is 7.98. The van der Waals surface area contributed by atoms with Crippen molar-refractivity contribution in [1.29, 1.82) is 0 Å². The highest BCUT2D eigenvalue weighted by Crippen LogP contribution is 2.34. The molecule has 2 atom stereocenters. The first-order valence-corrected chi connectivity index (χ1v) is 11.6. The van der Waals surface area contributed by atoms with Crippen molar-refractivity contribution < 1.29 is 32.3 Å². The van der Waals surface area contributed by atoms with E-state index in [1.54, 1.807) is 20.8 Å². The van der Waals surface area contributed by atoms with E-state index < -0.39 is 40.9 Å². The van der Waals surface area contributed by atoms with Crippen molar-refractivity contribution in [3.63, 3.8) is 0 Å². The SMILES string of the molecule is CC(C)C[C@@H](/C=C/C(=O)N(C)c1nnc(C(F)(F)F)s1)NC(=O)[C@@H]1CCN1C(=O)OC(C)(C)C. The Morgan fingerprint density at radius 1 is 1.26 bits per heavy atom. The summed E-state index contributed by atoms with van der Waals surface area (Å²) in [5.41, 5.74) is -0.684. The van der Waals surface area contributed by atoms with Gasteiger partial charge in [0.1, 0.15) is 11.6 Å². The third kappa shape index (κ3) is 7.67. The number of likely N-dealkylation sites (N-methyl/N-ethyl adjacent to an activating group) is 1. The predicted molar refractivity (Wildman–Crippen MR) is 120 cm³/mol. The van der Waals surface area contributed by atoms with Gasteiger partial charge >= 0.3 is 12.3 Å². The highest BCUT2D eigenvalue weighted by Gasteiger charge is 2.40. The number of alkyl halides is 3. The van der Waals surface area contributed by atoms with E-state index in [-0.39, 0.29) is 28.3 Å². The molecule has 9 nitrogen and oxygen atoms in total. The maximum absolute atomic E-state index is 12.8. The van der Waals surface area contributed by atoms with E-state index in [4.69, 9.17) is 4.74 Å². The summed E-state index contributed by atoms with van der Waals surface area (Å²) in [5.74, 6) is -0.817. The van der Waals surface area contributed by atoms with Gasteiger partial charge in [0, 0.05) is 25.7 Å². The molecule has 0 bridgehead atoms. The molecule has 0 aliphatic carbocycles. The Labute approximate surface area is 200 Å². The molecule has 1 aromatic rings. The quantitative estimate of drug-likeness (QED) is 0.568. The molecule has 1 aromatic heterocycles. The molecule has 1 aliphatic heterocycles. The molecule has 3 amide bonds. The number of halogens is 3. The van der Waals surface area contributed by atoms with Gasteiger partial charge in [-0.3, -0.25) is 19.4 Å². The largest absolute Gasteiger partial charge is 0.445 e. The van der Waals surface area contributed by atoms with Crippen molar-refractivity contribution in [3.8, 4) is 0 Å². The van der Waals surface area contributed by atoms with Gasteiger partial charge in [0.15, 0.2) is 0 Å². The van der Waals surface area contributed by atoms with Crippen LogP contribution in [0.2, 0.25) is 0 Å². The molecular formula is C21H30F3N5O4S. The van der Waals surface area contributed by atoms with E-state index in [1.807, 2.05) is 13.8 Å². The zero-order valence-electron chi connectivity index (χ0n) is 20.0. The van der Waals surface area contributed by atoms with Crippen LogP contribution < -0.4 is 10.2 Å². The predicted octanol–water partition coefficient (Wildman–Crippen LogP) is 3.62. The molecule has 1 aliphatic rings. The van der Waals surface area contributed by atoms with Crippen LogP contribution in [0.15, 0.2) is 12.2 Å². The second-order valence-electron chi connectivity index (χ2n) is 9.37. The number of carbonyl (C=O) groups is 3. The van der Waals surface area contributed by atoms with Crippen molar-refractivity contribution >= 4 is 34.4 Å². The van der Waals surface area contributed by atoms with Crippen LogP contribution in [0.25, 0.3) is 0 Å². The number of rotatable bonds is 7. The number of anilines is 1. The maximum atomic E-state index is 12.8. The number of aromatic nitrogens is 2. The van der Waals surface area contributed by atoms with Crippen molar-refractivity contribution in [1.82, 2.24) is 20.4 Å². The molecule has 1 fully saturated rings. The van der Waals surface area contributed by atoms with Crippen LogP contribution in [0.3, 0.4) is 0 Å². The molecule has 0 radical (unpaired) electrons. The Morgan fingerprint density at radius 2 is 1.91 bits per heavy atom. The normalized spacial score (nSPS) is 17.5. The number of ether oxygens (including phenoxy) is 1. The molecule has 190 valence electrons. The summed E-state index contributed by atoms with van der Waals surface area (Å²) in [7, 11) is 1.29. The summed E-state index contributed by atoms with van der Waals surface area (Å²) < 4.78 is 43.5. The minimum absolute atomic E-state index is 0.170. The number of nitrogens with one attached hydrogen (secondary N) is 1. The van der Waals surface area contributed by atoms with Gasteiger partial charge in [0.05, 0.1) is 0 Å². The highest BCUT2D eigenvalue weighted by molar-refractivity contribution is 7.15. The zero-order valence-corrected chi connectivity index (χ0v) is 20.8. The van der Waals surface area contributed by atoms with Gasteiger partial charge in [-0.1, -0.05) is 31.3 Å². The van der Waals surface area contributed by atoms with Crippen LogP contribution in [0, 0.1) is 5.92 Å². The Morgan fingerprint density at radius 3 is 2.38 bits per heavy atom. The Hall–Kier alpha value is -2.70. The molecule has 0 spiro atoms. The van der Waals surface area contributed by atoms with E-state index in [1.165, 1.54) is 24.1 Å². The Bertz CT molecular complexity index is 926. The topological polar surface area (TPSA) is 105 Å². The molecular weight excluding hydrogens is 475 g/mol. The first kappa shape index (κ1) is 27.5. The van der Waals surface area contributed by atoms with Crippen LogP contribution in [0.4, 0.5) is 23.1 Å². The molecule has 34 heavy (non-hydrogen) atoms. The van der Waals surface area contributed by atoms with Crippen molar-refractivity contribution in [2.75, 3.05) is 18.5 Å². The monoisotopic (exact) mass is 505 g/mol. The minimum atomic E-state index is -4.64. The number of amides is 3. The lowest BCUT2D eigenvalue weighted by molar-refractivity contribution is -0.138. The third-order valence-electron chi connectivity index (χ3n) is 4.75. The standard InChI is InChI=1S/C21H30F3N5O4S/c1-12(2)11-13(25-16(31)14-9-10-29(14)19(32)33-20(3,4)5)7-8-15(30)28(6)18-27-26-17(34-18)21(22,23)24/h7-8,12-14H,9-11H2,1-6H3,(H,25,31)/b8-7+/t13-,14+/m1/s1. The fourth-order valence-electron chi connectivity index (χ4n) is 3.04. The lowest BCUT2D eigenvalue weighted by Gasteiger charge is -2.40. The average Bonchev–Trinajstić information content (AvgIpc) is 3.12. The van der Waals surface area contributed by atoms with E-state index in [9.17, 15) is 27.6 Å². The van der Waals surface area contributed by atoms with Gasteiger partial charge in [0.25, 0.3) is 5.91 Å². The second kappa shape index (κ2) is 10.7. The van der Waals surface area contributed by atoms with Crippen molar-refractivity contribution in [2.45, 2.75) is 71.3 Å². The lowest BCUT2D eigenvalue weighted by Crippen LogP contribution is -2.60. The molecule has 1 saturated heterocycles. The lowest BCUT2D eigenvalue weighted by atomic mass is 10.00. The van der Waals surface area contributed by atoms with Gasteiger partial charge in [0.2, 0.25) is 16.0 Å². The van der Waals surface area contributed by atoms with Gasteiger partial charge in [-0.25, -0.2) is 4.79 Å². The molecule has 0 unspecified atom stereocenters. The van der Waals surface area contributed by atoms with E-state index in [2.05, 4.69) is 15.5 Å². The van der Waals surface area contributed by atoms with Gasteiger partial charge < -0.3 is 10.1 Å². The number of carbonyl (C=O) groups excluding carboxylic acids is 3. The van der Waals surface area contributed by atoms with Crippen LogP contribution >= 0.6 is 11.3 Å². The van der Waals surface area contributed by atoms with E-state index >= 15 is 0 Å². The molecule has 1 N–H and O–H groups in total. The van der Waals surface area contributed by atoms with Gasteiger partial charge in [-0.2, -0.15) is 13.2 Å². The summed E-state index contributed by atoms with van der Waals surface area (Å²) in [6.45, 7) is 9.51. The summed E-state index contributed by atoms with van der Waals surface area (Å²) >= 11 is 0.258. The van der Waals surface area contributed by atoms with Gasteiger partial charge in [-0.15, -0.1) is 10.2 Å². The molecule has 2 rings (SSSR count). The summed E-state index contributed by atoms with van der Waals surface area (Å²) in [6.07, 6.45) is -1.55. The Balaban J connectivity index is 2.03. The second-order valence-corrected chi connectivity index (χ2v) is 10.3. The first-order valence-electron chi connectivity index (χ1n) is 10.7. The third-order valence-corrected chi connectivity index (χ3v) is 5.79. The van der Waals surface area contributed by atoms with Crippen LogP contribution in [0.5, 0.6) is 0 Å². The zero-order chi connectivity index (χ0) is 25.8. The fourth-order valence-corrected chi connectivity index (χ4v) is 3.72. The fraction of sp³-hybridized carbons (Fsp3) is 0.667. The number of hydrogen-bond acceptors (Lipinski definition) is 7. The average molecular weight is 506 g/mol. The van der Waals surface area contributed by atoms with Crippen LogP contribution in [0.1, 0.15) is 52.5 Å². The first-order chi connectivity index (χ1) is 15.6. The van der Waals surface area contributed by atoms with Crippen LogP contribution in [-0.4, -0.2) is 64.3 Å².